The van der Waals surface area contributed by atoms with E-state index < -0.39 is 11.0 Å². The molecule has 0 aromatic carbocycles. The summed E-state index contributed by atoms with van der Waals surface area (Å²) in [4.78, 5) is 14.1. The average Bonchev–Trinajstić information content (AvgIpc) is 2.95. The first kappa shape index (κ1) is 15.2. The molecule has 2 rings (SSSR count). The highest BCUT2D eigenvalue weighted by atomic mass is 35.5. The minimum atomic E-state index is -0.711. The van der Waals surface area contributed by atoms with Crippen molar-refractivity contribution in [1.29, 1.82) is 0 Å². The normalized spacial score (nSPS) is 12.4. The van der Waals surface area contributed by atoms with Gasteiger partial charge in [-0.1, -0.05) is 11.6 Å². The van der Waals surface area contributed by atoms with Crippen LogP contribution >= 0.6 is 34.3 Å². The van der Waals surface area contributed by atoms with E-state index in [0.29, 0.717) is 20.8 Å². The summed E-state index contributed by atoms with van der Waals surface area (Å²) in [5.41, 5.74) is 0.0241. The van der Waals surface area contributed by atoms with Crippen LogP contribution in [0.2, 0.25) is 4.34 Å². The van der Waals surface area contributed by atoms with E-state index in [1.165, 1.54) is 28.7 Å². The van der Waals surface area contributed by atoms with Crippen molar-refractivity contribution in [2.75, 3.05) is 11.9 Å². The maximum atomic E-state index is 11.1. The van der Waals surface area contributed by atoms with Crippen molar-refractivity contribution in [3.8, 4) is 0 Å². The summed E-state index contributed by atoms with van der Waals surface area (Å²) >= 11 is 8.56. The van der Waals surface area contributed by atoms with Crippen LogP contribution in [0.25, 0.3) is 0 Å². The van der Waals surface area contributed by atoms with Gasteiger partial charge < -0.3 is 10.0 Å². The van der Waals surface area contributed by atoms with Gasteiger partial charge in [0.1, 0.15) is 0 Å². The summed E-state index contributed by atoms with van der Waals surface area (Å²) in [5, 5.41) is 21.2. The van der Waals surface area contributed by atoms with E-state index in [1.807, 2.05) is 6.07 Å². The molecule has 0 saturated carbocycles. The van der Waals surface area contributed by atoms with Crippen molar-refractivity contribution in [1.82, 2.24) is 0 Å². The molecule has 0 bridgehead atoms. The molecule has 8 heteroatoms. The summed E-state index contributed by atoms with van der Waals surface area (Å²) in [6, 6.07) is 5.14. The van der Waals surface area contributed by atoms with Crippen LogP contribution < -0.4 is 4.90 Å². The SMILES string of the molecule is C[C@H](O)c1cc([N+](=O)[O-])c(N(C)Cc2ccc(Cl)s2)s1. The highest BCUT2D eigenvalue weighted by Gasteiger charge is 2.24. The van der Waals surface area contributed by atoms with Crippen LogP contribution in [0.15, 0.2) is 18.2 Å². The zero-order valence-electron chi connectivity index (χ0n) is 10.9. The Morgan fingerprint density at radius 1 is 1.50 bits per heavy atom. The molecule has 0 aliphatic rings. The molecule has 108 valence electrons. The number of hydrogen-bond acceptors (Lipinski definition) is 6. The average molecular weight is 333 g/mol. The van der Waals surface area contributed by atoms with Crippen molar-refractivity contribution in [3.63, 3.8) is 0 Å². The monoisotopic (exact) mass is 332 g/mol. The molecule has 0 saturated heterocycles. The quantitative estimate of drug-likeness (QED) is 0.662. The van der Waals surface area contributed by atoms with Crippen LogP contribution in [0.1, 0.15) is 22.8 Å². The third kappa shape index (κ3) is 3.29. The lowest BCUT2D eigenvalue weighted by molar-refractivity contribution is -0.383. The van der Waals surface area contributed by atoms with E-state index in [4.69, 9.17) is 11.6 Å². The Hall–Kier alpha value is -1.15. The third-order valence-electron chi connectivity index (χ3n) is 2.69. The summed E-state index contributed by atoms with van der Waals surface area (Å²) in [6.45, 7) is 2.14. The van der Waals surface area contributed by atoms with E-state index in [9.17, 15) is 15.2 Å². The second kappa shape index (κ2) is 6.09. The molecular formula is C12H13ClN2O3S2. The summed E-state index contributed by atoms with van der Waals surface area (Å²) in [6.07, 6.45) is -0.711. The van der Waals surface area contributed by atoms with E-state index in [1.54, 1.807) is 24.9 Å². The zero-order valence-corrected chi connectivity index (χ0v) is 13.3. The topological polar surface area (TPSA) is 66.6 Å². The molecule has 2 aromatic heterocycles. The summed E-state index contributed by atoms with van der Waals surface area (Å²) < 4.78 is 0.693. The van der Waals surface area contributed by atoms with Gasteiger partial charge in [-0.15, -0.1) is 22.7 Å². The molecule has 2 heterocycles. The van der Waals surface area contributed by atoms with E-state index in [0.717, 1.165) is 4.88 Å². The van der Waals surface area contributed by atoms with Gasteiger partial charge in [-0.25, -0.2) is 0 Å². The van der Waals surface area contributed by atoms with Crippen LogP contribution in [0.3, 0.4) is 0 Å². The van der Waals surface area contributed by atoms with E-state index in [-0.39, 0.29) is 5.69 Å². The number of aliphatic hydroxyl groups excluding tert-OH is 1. The molecule has 0 fully saturated rings. The highest BCUT2D eigenvalue weighted by Crippen LogP contribution is 2.40. The molecule has 0 amide bonds. The number of halogens is 1. The molecule has 0 spiro atoms. The zero-order chi connectivity index (χ0) is 14.9. The lowest BCUT2D eigenvalue weighted by Gasteiger charge is -2.15. The van der Waals surface area contributed by atoms with Gasteiger partial charge in [0.05, 0.1) is 21.9 Å². The second-order valence-electron chi connectivity index (χ2n) is 4.33. The molecule has 1 atom stereocenters. The Balaban J connectivity index is 2.28. The number of thiophene rings is 2. The van der Waals surface area contributed by atoms with Gasteiger partial charge in [-0.3, -0.25) is 10.1 Å². The molecule has 5 nitrogen and oxygen atoms in total. The predicted molar refractivity (Wildman–Crippen MR) is 83.0 cm³/mol. The van der Waals surface area contributed by atoms with Crippen molar-refractivity contribution in [2.45, 2.75) is 19.6 Å². The van der Waals surface area contributed by atoms with Crippen LogP contribution in [-0.2, 0) is 6.54 Å². The van der Waals surface area contributed by atoms with Gasteiger partial charge in [-0.2, -0.15) is 0 Å². The molecule has 0 aliphatic carbocycles. The largest absolute Gasteiger partial charge is 0.388 e. The molecule has 20 heavy (non-hydrogen) atoms. The molecule has 1 N–H and O–H groups in total. The van der Waals surface area contributed by atoms with Gasteiger partial charge in [0.25, 0.3) is 0 Å². The van der Waals surface area contributed by atoms with Crippen LogP contribution in [0.5, 0.6) is 0 Å². The van der Waals surface area contributed by atoms with Gasteiger partial charge >= 0.3 is 5.69 Å². The number of nitrogens with zero attached hydrogens (tertiary/aromatic N) is 2. The van der Waals surface area contributed by atoms with E-state index in [2.05, 4.69) is 0 Å². The molecule has 0 radical (unpaired) electrons. The number of aliphatic hydroxyl groups is 1. The van der Waals surface area contributed by atoms with Crippen LogP contribution in [0, 0.1) is 10.1 Å². The van der Waals surface area contributed by atoms with Gasteiger partial charge in [-0.05, 0) is 19.1 Å². The number of hydrogen-bond donors (Lipinski definition) is 1. The fourth-order valence-corrected chi connectivity index (χ4v) is 3.91. The van der Waals surface area contributed by atoms with Gasteiger partial charge in [0.15, 0.2) is 5.00 Å². The van der Waals surface area contributed by atoms with Gasteiger partial charge in [0, 0.05) is 22.9 Å². The molecule has 0 aliphatic heterocycles. The lowest BCUT2D eigenvalue weighted by Crippen LogP contribution is -2.15. The maximum Gasteiger partial charge on any atom is 0.304 e. The summed E-state index contributed by atoms with van der Waals surface area (Å²) in [7, 11) is 1.79. The standard InChI is InChI=1S/C12H13ClN2O3S2/c1-7(16)10-5-9(15(17)18)12(20-10)14(2)6-8-3-4-11(13)19-8/h3-5,7,16H,6H2,1-2H3/t7-/m0/s1. The Morgan fingerprint density at radius 3 is 2.70 bits per heavy atom. The van der Waals surface area contributed by atoms with E-state index >= 15 is 0 Å². The van der Waals surface area contributed by atoms with Crippen molar-refractivity contribution in [3.05, 3.63) is 42.4 Å². The maximum absolute atomic E-state index is 11.1. The number of anilines is 1. The Bertz CT molecular complexity index is 624. The highest BCUT2D eigenvalue weighted by molar-refractivity contribution is 7.17. The van der Waals surface area contributed by atoms with Crippen molar-refractivity contribution >= 4 is 45.0 Å². The Kier molecular flexibility index (Phi) is 4.64. The first-order valence-electron chi connectivity index (χ1n) is 5.80. The second-order valence-corrected chi connectivity index (χ2v) is 7.20. The lowest BCUT2D eigenvalue weighted by atomic mass is 10.3. The molecular weight excluding hydrogens is 320 g/mol. The fraction of sp³-hybridized carbons (Fsp3) is 0.333. The van der Waals surface area contributed by atoms with Crippen molar-refractivity contribution in [2.24, 2.45) is 0 Å². The minimum Gasteiger partial charge on any atom is -0.388 e. The Morgan fingerprint density at radius 2 is 2.20 bits per heavy atom. The van der Waals surface area contributed by atoms with Gasteiger partial charge in [0.2, 0.25) is 0 Å². The molecule has 0 unspecified atom stereocenters. The smallest absolute Gasteiger partial charge is 0.304 e. The fourth-order valence-electron chi connectivity index (χ4n) is 1.74. The van der Waals surface area contributed by atoms with Crippen LogP contribution in [0.4, 0.5) is 10.7 Å². The van der Waals surface area contributed by atoms with Crippen LogP contribution in [-0.4, -0.2) is 17.1 Å². The predicted octanol–water partition coefficient (Wildman–Crippen LogP) is 4.06. The van der Waals surface area contributed by atoms with Crippen molar-refractivity contribution < 1.29 is 10.0 Å². The third-order valence-corrected chi connectivity index (χ3v) is 5.31. The molecule has 2 aromatic rings. The first-order valence-corrected chi connectivity index (χ1v) is 7.81. The summed E-state index contributed by atoms with van der Waals surface area (Å²) in [5.74, 6) is 0. The number of rotatable bonds is 5. The number of nitro groups is 1. The Labute approximate surface area is 129 Å². The minimum absolute atomic E-state index is 0.0241. The first-order chi connectivity index (χ1) is 9.38.